The van der Waals surface area contributed by atoms with E-state index in [9.17, 15) is 9.59 Å². The van der Waals surface area contributed by atoms with Crippen LogP contribution in [0.2, 0.25) is 5.02 Å². The highest BCUT2D eigenvalue weighted by atomic mass is 35.5. The van der Waals surface area contributed by atoms with Crippen LogP contribution in [-0.2, 0) is 20.0 Å². The molecule has 3 aromatic rings. The van der Waals surface area contributed by atoms with Gasteiger partial charge in [0, 0.05) is 16.5 Å². The average molecular weight is 553 g/mol. The molecule has 0 bridgehead atoms. The van der Waals surface area contributed by atoms with Gasteiger partial charge in [-0.3, -0.25) is 0 Å². The quantitative estimate of drug-likeness (QED) is 0.274. The third-order valence-electron chi connectivity index (χ3n) is 6.84. The number of hydrogen-bond acceptors (Lipinski definition) is 8. The lowest BCUT2D eigenvalue weighted by atomic mass is 9.94. The van der Waals surface area contributed by atoms with E-state index in [-0.39, 0.29) is 12.1 Å². The minimum absolute atomic E-state index is 0.0854. The van der Waals surface area contributed by atoms with Gasteiger partial charge < -0.3 is 14.8 Å². The van der Waals surface area contributed by atoms with Gasteiger partial charge in [0.1, 0.15) is 12.1 Å². The van der Waals surface area contributed by atoms with Gasteiger partial charge >= 0.3 is 11.9 Å². The highest BCUT2D eigenvalue weighted by Crippen LogP contribution is 2.38. The summed E-state index contributed by atoms with van der Waals surface area (Å²) < 4.78 is 12.5. The lowest BCUT2D eigenvalue weighted by Crippen LogP contribution is -2.32. The van der Waals surface area contributed by atoms with Crippen molar-refractivity contribution in [3.8, 4) is 0 Å². The fourth-order valence-electron chi connectivity index (χ4n) is 4.84. The molecular weight excluding hydrogens is 524 g/mol. The number of rotatable bonds is 7. The van der Waals surface area contributed by atoms with E-state index >= 15 is 0 Å². The Labute approximate surface area is 230 Å². The largest absolute Gasteiger partial charge is 0.465 e. The van der Waals surface area contributed by atoms with E-state index < -0.39 is 12.0 Å². The zero-order valence-corrected chi connectivity index (χ0v) is 22.8. The number of halogens is 1. The number of allylic oxidation sites excluding steroid dienone is 1. The van der Waals surface area contributed by atoms with Gasteiger partial charge in [-0.25, -0.2) is 14.3 Å². The van der Waals surface area contributed by atoms with E-state index in [1.54, 1.807) is 16.8 Å². The predicted molar refractivity (Wildman–Crippen MR) is 146 cm³/mol. The molecule has 2 aromatic carbocycles. The van der Waals surface area contributed by atoms with Gasteiger partial charge in [-0.05, 0) is 61.9 Å². The maximum atomic E-state index is 13.6. The molecule has 0 radical (unpaired) electrons. The highest BCUT2D eigenvalue weighted by Gasteiger charge is 2.36. The van der Waals surface area contributed by atoms with Gasteiger partial charge in [0.05, 0.1) is 18.2 Å². The third-order valence-corrected chi connectivity index (χ3v) is 8.10. The molecular formula is C28H29ClN4O4S. The number of carbonyl (C=O) groups excluding carboxylic acids is 2. The molecule has 1 fully saturated rings. The summed E-state index contributed by atoms with van der Waals surface area (Å²) in [6.07, 6.45) is 4.96. The van der Waals surface area contributed by atoms with Crippen LogP contribution in [0.3, 0.4) is 0 Å². The fraction of sp³-hybridized carbons (Fsp3) is 0.357. The Morgan fingerprint density at radius 2 is 1.82 bits per heavy atom. The molecule has 198 valence electrons. The Kier molecular flexibility index (Phi) is 8.04. The Bertz CT molecular complexity index is 1370. The van der Waals surface area contributed by atoms with Crippen LogP contribution in [0, 0.1) is 0 Å². The van der Waals surface area contributed by atoms with E-state index in [1.807, 2.05) is 43.3 Å². The van der Waals surface area contributed by atoms with E-state index in [0.29, 0.717) is 38.7 Å². The number of methoxy groups -OCH3 is 1. The van der Waals surface area contributed by atoms with Crippen molar-refractivity contribution < 1.29 is 19.1 Å². The number of esters is 2. The molecule has 1 N–H and O–H groups in total. The second-order valence-electron chi connectivity index (χ2n) is 9.39. The average Bonchev–Trinajstić information content (AvgIpc) is 3.34. The van der Waals surface area contributed by atoms with Gasteiger partial charge in [0.2, 0.25) is 11.1 Å². The SMILES string of the molecule is COC(=O)c1ccc(C2C(C(=O)OC3CCCCC3)=C(C)Nc3nc(SCc4ccccc4Cl)nn32)cc1. The molecule has 0 amide bonds. The Morgan fingerprint density at radius 1 is 1.08 bits per heavy atom. The summed E-state index contributed by atoms with van der Waals surface area (Å²) in [7, 11) is 1.35. The molecule has 1 aliphatic carbocycles. The van der Waals surface area contributed by atoms with Crippen LogP contribution in [0.5, 0.6) is 0 Å². The summed E-state index contributed by atoms with van der Waals surface area (Å²) >= 11 is 7.79. The molecule has 1 unspecified atom stereocenters. The Morgan fingerprint density at radius 3 is 2.53 bits per heavy atom. The first-order valence-corrected chi connectivity index (χ1v) is 14.0. The Balaban J connectivity index is 1.47. The van der Waals surface area contributed by atoms with Crippen LogP contribution >= 0.6 is 23.4 Å². The van der Waals surface area contributed by atoms with Crippen LogP contribution in [0.15, 0.2) is 65.0 Å². The number of benzene rings is 2. The maximum absolute atomic E-state index is 13.6. The molecule has 38 heavy (non-hydrogen) atoms. The molecule has 1 atom stereocenters. The number of hydrogen-bond donors (Lipinski definition) is 1. The van der Waals surface area contributed by atoms with Crippen LogP contribution in [-0.4, -0.2) is 39.9 Å². The van der Waals surface area contributed by atoms with Crippen LogP contribution < -0.4 is 5.32 Å². The smallest absolute Gasteiger partial charge is 0.338 e. The first kappa shape index (κ1) is 26.3. The first-order chi connectivity index (χ1) is 18.4. The fourth-order valence-corrected chi connectivity index (χ4v) is 5.95. The van der Waals surface area contributed by atoms with E-state index in [4.69, 9.17) is 31.2 Å². The standard InChI is InChI=1S/C28H29ClN4O4S/c1-17-23(26(35)37-21-9-4-3-5-10-21)24(18-12-14-19(15-13-18)25(34)36-2)33-27(30-17)31-28(32-33)38-16-20-8-6-7-11-22(20)29/h6-8,11-15,21,24H,3-5,9-10,16H2,1-2H3,(H,30,31,32). The van der Waals surface area contributed by atoms with E-state index in [0.717, 1.165) is 36.8 Å². The summed E-state index contributed by atoms with van der Waals surface area (Å²) in [5.41, 5.74) is 3.33. The number of nitrogens with zero attached hydrogens (tertiary/aromatic N) is 3. The van der Waals surface area contributed by atoms with Crippen molar-refractivity contribution in [3.05, 3.63) is 81.5 Å². The summed E-state index contributed by atoms with van der Waals surface area (Å²) in [4.78, 5) is 30.3. The van der Waals surface area contributed by atoms with Crippen LogP contribution in [0.4, 0.5) is 5.95 Å². The van der Waals surface area contributed by atoms with Crippen molar-refractivity contribution in [1.29, 1.82) is 0 Å². The van der Waals surface area contributed by atoms with Crippen molar-refractivity contribution in [3.63, 3.8) is 0 Å². The predicted octanol–water partition coefficient (Wildman–Crippen LogP) is 6.18. The minimum atomic E-state index is -0.573. The number of fused-ring (bicyclic) bond motifs is 1. The molecule has 0 spiro atoms. The summed E-state index contributed by atoms with van der Waals surface area (Å²) in [6.45, 7) is 1.85. The van der Waals surface area contributed by atoms with Crippen molar-refractivity contribution in [2.75, 3.05) is 12.4 Å². The lowest BCUT2D eigenvalue weighted by molar-refractivity contribution is -0.146. The maximum Gasteiger partial charge on any atom is 0.338 e. The number of anilines is 1. The van der Waals surface area contributed by atoms with Gasteiger partial charge in [0.15, 0.2) is 0 Å². The monoisotopic (exact) mass is 552 g/mol. The van der Waals surface area contributed by atoms with Crippen molar-refractivity contribution in [1.82, 2.24) is 14.8 Å². The van der Waals surface area contributed by atoms with Crippen molar-refractivity contribution in [2.45, 2.75) is 62.1 Å². The highest BCUT2D eigenvalue weighted by molar-refractivity contribution is 7.98. The first-order valence-electron chi connectivity index (χ1n) is 12.6. The van der Waals surface area contributed by atoms with E-state index in [2.05, 4.69) is 5.32 Å². The molecule has 2 aliphatic rings. The molecule has 0 saturated heterocycles. The minimum Gasteiger partial charge on any atom is -0.465 e. The molecule has 1 aromatic heterocycles. The van der Waals surface area contributed by atoms with Crippen LogP contribution in [0.1, 0.15) is 66.6 Å². The van der Waals surface area contributed by atoms with Crippen molar-refractivity contribution in [2.24, 2.45) is 0 Å². The summed E-state index contributed by atoms with van der Waals surface area (Å²) in [5.74, 6) is 0.339. The number of thioether (sulfide) groups is 1. The lowest BCUT2D eigenvalue weighted by Gasteiger charge is -2.30. The third kappa shape index (κ3) is 5.59. The molecule has 8 nitrogen and oxygen atoms in total. The second-order valence-corrected chi connectivity index (χ2v) is 10.7. The molecule has 10 heteroatoms. The molecule has 5 rings (SSSR count). The number of aromatic nitrogens is 3. The topological polar surface area (TPSA) is 95.3 Å². The molecule has 1 aliphatic heterocycles. The van der Waals surface area contributed by atoms with E-state index in [1.165, 1.54) is 25.3 Å². The number of ether oxygens (including phenoxy) is 2. The Hall–Kier alpha value is -3.30. The van der Waals surface area contributed by atoms with Gasteiger partial charge in [-0.1, -0.05) is 60.1 Å². The van der Waals surface area contributed by atoms with Gasteiger partial charge in [-0.2, -0.15) is 4.98 Å². The number of carbonyl (C=O) groups is 2. The summed E-state index contributed by atoms with van der Waals surface area (Å²) in [6, 6.07) is 14.1. The summed E-state index contributed by atoms with van der Waals surface area (Å²) in [5, 5.41) is 9.27. The van der Waals surface area contributed by atoms with Crippen LogP contribution in [0.25, 0.3) is 0 Å². The number of nitrogens with one attached hydrogen (secondary N) is 1. The van der Waals surface area contributed by atoms with Gasteiger partial charge in [0.25, 0.3) is 0 Å². The van der Waals surface area contributed by atoms with Crippen molar-refractivity contribution >= 4 is 41.2 Å². The second kappa shape index (κ2) is 11.6. The normalized spacial score (nSPS) is 17.5. The van der Waals surface area contributed by atoms with Gasteiger partial charge in [-0.15, -0.1) is 5.10 Å². The molecule has 1 saturated carbocycles. The zero-order valence-electron chi connectivity index (χ0n) is 21.3. The zero-order chi connectivity index (χ0) is 26.6. The molecule has 2 heterocycles.